The minimum absolute atomic E-state index is 0.0120. The Bertz CT molecular complexity index is 403. The lowest BCUT2D eigenvalue weighted by atomic mass is 10.2. The number of pyridine rings is 1. The van der Waals surface area contributed by atoms with Crippen molar-refractivity contribution in [1.82, 2.24) is 15.6 Å². The molecule has 0 fully saturated rings. The van der Waals surface area contributed by atoms with E-state index >= 15 is 0 Å². The number of carbonyl (C=O) groups is 1. The summed E-state index contributed by atoms with van der Waals surface area (Å²) in [4.78, 5) is 17.9. The number of likely N-dealkylation sites (N-methyl/N-ethyl adjacent to an activating group) is 1. The number of nitrogens with one attached hydrogen (secondary N) is 2. The number of anilines is 1. The second-order valence-corrected chi connectivity index (χ2v) is 5.28. The quantitative estimate of drug-likeness (QED) is 0.708. The number of amides is 1. The average Bonchev–Trinajstić information content (AvgIpc) is 2.38. The van der Waals surface area contributed by atoms with Crippen molar-refractivity contribution in [3.8, 4) is 0 Å². The fourth-order valence-electron chi connectivity index (χ4n) is 1.82. The number of aromatic nitrogens is 1. The molecule has 0 atom stereocenters. The average molecular weight is 278 g/mol. The summed E-state index contributed by atoms with van der Waals surface area (Å²) in [6.07, 6.45) is 2.98. The number of rotatable bonds is 8. The second kappa shape index (κ2) is 8.53. The van der Waals surface area contributed by atoms with Gasteiger partial charge in [0, 0.05) is 25.8 Å². The third-order valence-electron chi connectivity index (χ3n) is 2.79. The van der Waals surface area contributed by atoms with Crippen LogP contribution in [0, 0.1) is 0 Å². The van der Waals surface area contributed by atoms with E-state index < -0.39 is 0 Å². The lowest BCUT2D eigenvalue weighted by Crippen LogP contribution is -2.38. The van der Waals surface area contributed by atoms with Gasteiger partial charge in [-0.25, -0.2) is 4.98 Å². The summed E-state index contributed by atoms with van der Waals surface area (Å²) in [6, 6.07) is 4.16. The van der Waals surface area contributed by atoms with E-state index in [1.54, 1.807) is 0 Å². The van der Waals surface area contributed by atoms with Gasteiger partial charge >= 0.3 is 0 Å². The molecule has 1 heterocycles. The van der Waals surface area contributed by atoms with E-state index in [1.807, 2.05) is 44.1 Å². The summed E-state index contributed by atoms with van der Waals surface area (Å²) in [5.74, 6) is 0.820. The van der Waals surface area contributed by atoms with Gasteiger partial charge in [-0.15, -0.1) is 0 Å². The van der Waals surface area contributed by atoms with Gasteiger partial charge in [-0.2, -0.15) is 0 Å². The highest BCUT2D eigenvalue weighted by Gasteiger charge is 2.09. The van der Waals surface area contributed by atoms with E-state index in [9.17, 15) is 4.79 Å². The highest BCUT2D eigenvalue weighted by atomic mass is 16.2. The van der Waals surface area contributed by atoms with Crippen LogP contribution in [0.1, 0.15) is 32.8 Å². The number of nitrogens with zero attached hydrogens (tertiary/aromatic N) is 2. The Morgan fingerprint density at radius 3 is 2.70 bits per heavy atom. The molecule has 0 saturated carbocycles. The molecule has 0 aliphatic heterocycles. The van der Waals surface area contributed by atoms with Gasteiger partial charge in [0.15, 0.2) is 0 Å². The highest BCUT2D eigenvalue weighted by Crippen LogP contribution is 2.09. The van der Waals surface area contributed by atoms with Gasteiger partial charge in [0.2, 0.25) is 5.91 Å². The third-order valence-corrected chi connectivity index (χ3v) is 2.79. The molecule has 0 aliphatic carbocycles. The van der Waals surface area contributed by atoms with Gasteiger partial charge < -0.3 is 15.5 Å². The van der Waals surface area contributed by atoms with Crippen LogP contribution >= 0.6 is 0 Å². The van der Waals surface area contributed by atoms with Crippen LogP contribution in [0.4, 0.5) is 5.82 Å². The van der Waals surface area contributed by atoms with E-state index in [2.05, 4.69) is 22.5 Å². The first kappa shape index (κ1) is 16.4. The maximum Gasteiger partial charge on any atom is 0.239 e. The van der Waals surface area contributed by atoms with E-state index in [0.29, 0.717) is 6.54 Å². The zero-order chi connectivity index (χ0) is 15.0. The Hall–Kier alpha value is -1.62. The molecule has 0 aliphatic rings. The van der Waals surface area contributed by atoms with E-state index in [4.69, 9.17) is 0 Å². The van der Waals surface area contributed by atoms with Crippen molar-refractivity contribution in [2.75, 3.05) is 25.0 Å². The first-order valence-electron chi connectivity index (χ1n) is 7.19. The van der Waals surface area contributed by atoms with Crippen molar-refractivity contribution in [2.24, 2.45) is 0 Å². The molecular formula is C15H26N4O. The Morgan fingerprint density at radius 2 is 2.15 bits per heavy atom. The van der Waals surface area contributed by atoms with Crippen LogP contribution in [-0.4, -0.2) is 37.1 Å². The van der Waals surface area contributed by atoms with Crippen molar-refractivity contribution < 1.29 is 4.79 Å². The first-order valence-corrected chi connectivity index (χ1v) is 7.19. The largest absolute Gasteiger partial charge is 0.352 e. The summed E-state index contributed by atoms with van der Waals surface area (Å²) >= 11 is 0. The third kappa shape index (κ3) is 6.02. The monoisotopic (exact) mass is 278 g/mol. The molecule has 0 aromatic carbocycles. The van der Waals surface area contributed by atoms with Crippen molar-refractivity contribution in [1.29, 1.82) is 0 Å². The van der Waals surface area contributed by atoms with Crippen molar-refractivity contribution >= 4 is 11.7 Å². The molecule has 0 spiro atoms. The minimum Gasteiger partial charge on any atom is -0.352 e. The standard InChI is InChI=1S/C15H26N4O/c1-5-8-16-9-13-6-7-14(17-10-13)19(4)11-15(20)18-12(2)3/h6-7,10,12,16H,5,8-9,11H2,1-4H3,(H,18,20). The predicted octanol–water partition coefficient (Wildman–Crippen LogP) is 1.54. The van der Waals surface area contributed by atoms with Gasteiger partial charge in [0.25, 0.3) is 0 Å². The summed E-state index contributed by atoms with van der Waals surface area (Å²) in [6.45, 7) is 8.21. The van der Waals surface area contributed by atoms with Gasteiger partial charge in [0.05, 0.1) is 6.54 Å². The maximum atomic E-state index is 11.7. The molecule has 1 aromatic rings. The molecule has 5 heteroatoms. The van der Waals surface area contributed by atoms with Crippen molar-refractivity contribution in [3.05, 3.63) is 23.9 Å². The highest BCUT2D eigenvalue weighted by molar-refractivity contribution is 5.81. The minimum atomic E-state index is 0.0120. The normalized spacial score (nSPS) is 10.7. The fraction of sp³-hybridized carbons (Fsp3) is 0.600. The zero-order valence-corrected chi connectivity index (χ0v) is 12.9. The predicted molar refractivity (Wildman–Crippen MR) is 82.8 cm³/mol. The fourth-order valence-corrected chi connectivity index (χ4v) is 1.82. The SMILES string of the molecule is CCCNCc1ccc(N(C)CC(=O)NC(C)C)nc1. The van der Waals surface area contributed by atoms with Crippen LogP contribution in [-0.2, 0) is 11.3 Å². The topological polar surface area (TPSA) is 57.3 Å². The smallest absolute Gasteiger partial charge is 0.239 e. The molecule has 5 nitrogen and oxygen atoms in total. The molecule has 20 heavy (non-hydrogen) atoms. The Kier molecular flexibility index (Phi) is 7.01. The number of carbonyl (C=O) groups excluding carboxylic acids is 1. The van der Waals surface area contributed by atoms with Crippen LogP contribution in [0.25, 0.3) is 0 Å². The second-order valence-electron chi connectivity index (χ2n) is 5.28. The molecule has 0 saturated heterocycles. The van der Waals surface area contributed by atoms with Gasteiger partial charge in [-0.05, 0) is 38.4 Å². The molecule has 1 amide bonds. The maximum absolute atomic E-state index is 11.7. The summed E-state index contributed by atoms with van der Waals surface area (Å²) < 4.78 is 0. The van der Waals surface area contributed by atoms with E-state index in [1.165, 1.54) is 0 Å². The molecule has 112 valence electrons. The molecule has 2 N–H and O–H groups in total. The van der Waals surface area contributed by atoms with Crippen molar-refractivity contribution in [3.63, 3.8) is 0 Å². The van der Waals surface area contributed by atoms with Gasteiger partial charge in [-0.3, -0.25) is 4.79 Å². The van der Waals surface area contributed by atoms with E-state index in [-0.39, 0.29) is 11.9 Å². The number of hydrogen-bond donors (Lipinski definition) is 2. The Morgan fingerprint density at radius 1 is 1.40 bits per heavy atom. The summed E-state index contributed by atoms with van der Waals surface area (Å²) in [5.41, 5.74) is 1.15. The molecule has 0 radical (unpaired) electrons. The molecular weight excluding hydrogens is 252 g/mol. The lowest BCUT2D eigenvalue weighted by Gasteiger charge is -2.19. The van der Waals surface area contributed by atoms with Crippen LogP contribution in [0.2, 0.25) is 0 Å². The van der Waals surface area contributed by atoms with Crippen LogP contribution < -0.4 is 15.5 Å². The molecule has 1 aromatic heterocycles. The lowest BCUT2D eigenvalue weighted by molar-refractivity contribution is -0.120. The zero-order valence-electron chi connectivity index (χ0n) is 12.9. The molecule has 1 rings (SSSR count). The Labute approximate surface area is 121 Å². The first-order chi connectivity index (χ1) is 9.52. The molecule has 0 unspecified atom stereocenters. The van der Waals surface area contributed by atoms with Crippen LogP contribution in [0.5, 0.6) is 0 Å². The summed E-state index contributed by atoms with van der Waals surface area (Å²) in [7, 11) is 1.87. The van der Waals surface area contributed by atoms with Gasteiger partial charge in [0.1, 0.15) is 5.82 Å². The number of hydrogen-bond acceptors (Lipinski definition) is 4. The van der Waals surface area contributed by atoms with E-state index in [0.717, 1.165) is 30.9 Å². The van der Waals surface area contributed by atoms with Crippen molar-refractivity contribution in [2.45, 2.75) is 39.8 Å². The Balaban J connectivity index is 2.48. The molecule has 0 bridgehead atoms. The van der Waals surface area contributed by atoms with Gasteiger partial charge in [-0.1, -0.05) is 13.0 Å². The van der Waals surface area contributed by atoms with Crippen LogP contribution in [0.15, 0.2) is 18.3 Å². The summed E-state index contributed by atoms with van der Waals surface area (Å²) in [5, 5.41) is 6.21. The van der Waals surface area contributed by atoms with Crippen LogP contribution in [0.3, 0.4) is 0 Å².